The van der Waals surface area contributed by atoms with Gasteiger partial charge < -0.3 is 10.4 Å². The lowest BCUT2D eigenvalue weighted by molar-refractivity contribution is -0.138. The Balaban J connectivity index is 2.23. The normalized spacial score (nSPS) is 18.6. The van der Waals surface area contributed by atoms with Crippen LogP contribution in [0.2, 0.25) is 0 Å². The van der Waals surface area contributed by atoms with Gasteiger partial charge in [-0.15, -0.1) is 0 Å². The van der Waals surface area contributed by atoms with E-state index in [1.165, 1.54) is 38.5 Å². The van der Waals surface area contributed by atoms with Crippen LogP contribution < -0.4 is 5.32 Å². The number of amides is 1. The molecule has 110 valence electrons. The standard InChI is InChI=1S/C15H27NO3/c1-2-12(10-15(18)19)11-16-14(17)9-13-7-5-3-4-6-8-13/h12-13H,2-11H2,1H3,(H,16,17)(H,18,19). The van der Waals surface area contributed by atoms with Gasteiger partial charge in [-0.2, -0.15) is 0 Å². The van der Waals surface area contributed by atoms with Crippen LogP contribution in [0.5, 0.6) is 0 Å². The molecule has 0 heterocycles. The average molecular weight is 269 g/mol. The van der Waals surface area contributed by atoms with Crippen molar-refractivity contribution < 1.29 is 14.7 Å². The van der Waals surface area contributed by atoms with E-state index < -0.39 is 5.97 Å². The summed E-state index contributed by atoms with van der Waals surface area (Å²) in [6.07, 6.45) is 8.96. The second kappa shape index (κ2) is 8.94. The van der Waals surface area contributed by atoms with E-state index in [1.807, 2.05) is 6.92 Å². The van der Waals surface area contributed by atoms with Crippen molar-refractivity contribution in [3.05, 3.63) is 0 Å². The third kappa shape index (κ3) is 7.19. The first-order valence-corrected chi connectivity index (χ1v) is 7.60. The van der Waals surface area contributed by atoms with Crippen molar-refractivity contribution in [1.82, 2.24) is 5.32 Å². The Hall–Kier alpha value is -1.06. The minimum Gasteiger partial charge on any atom is -0.481 e. The Morgan fingerprint density at radius 1 is 1.21 bits per heavy atom. The minimum absolute atomic E-state index is 0.0515. The van der Waals surface area contributed by atoms with Gasteiger partial charge in [-0.3, -0.25) is 9.59 Å². The number of aliphatic carboxylic acids is 1. The Kier molecular flexibility index (Phi) is 7.53. The van der Waals surface area contributed by atoms with Gasteiger partial charge >= 0.3 is 5.97 Å². The van der Waals surface area contributed by atoms with Gasteiger partial charge in [0.05, 0.1) is 0 Å². The fourth-order valence-corrected chi connectivity index (χ4v) is 2.77. The number of carboxylic acid groups (broad SMARTS) is 1. The highest BCUT2D eigenvalue weighted by atomic mass is 16.4. The van der Waals surface area contributed by atoms with Crippen LogP contribution in [0.3, 0.4) is 0 Å². The zero-order chi connectivity index (χ0) is 14.1. The molecule has 1 aliphatic rings. The molecule has 1 fully saturated rings. The summed E-state index contributed by atoms with van der Waals surface area (Å²) in [5.74, 6) is -0.113. The molecule has 0 aromatic carbocycles. The maximum Gasteiger partial charge on any atom is 0.303 e. The summed E-state index contributed by atoms with van der Waals surface area (Å²) in [5, 5.41) is 11.7. The Morgan fingerprint density at radius 2 is 1.84 bits per heavy atom. The van der Waals surface area contributed by atoms with Gasteiger partial charge in [0, 0.05) is 19.4 Å². The molecule has 0 aromatic rings. The minimum atomic E-state index is -0.787. The first kappa shape index (κ1) is 16.0. The monoisotopic (exact) mass is 269 g/mol. The van der Waals surface area contributed by atoms with E-state index in [9.17, 15) is 9.59 Å². The fraction of sp³-hybridized carbons (Fsp3) is 0.867. The van der Waals surface area contributed by atoms with Crippen molar-refractivity contribution in [2.24, 2.45) is 11.8 Å². The van der Waals surface area contributed by atoms with E-state index in [-0.39, 0.29) is 18.2 Å². The number of rotatable bonds is 7. The summed E-state index contributed by atoms with van der Waals surface area (Å²) >= 11 is 0. The molecule has 0 spiro atoms. The van der Waals surface area contributed by atoms with Crippen molar-refractivity contribution in [3.8, 4) is 0 Å². The zero-order valence-corrected chi connectivity index (χ0v) is 12.0. The molecular weight excluding hydrogens is 242 g/mol. The molecule has 4 nitrogen and oxygen atoms in total. The highest BCUT2D eigenvalue weighted by Gasteiger charge is 2.17. The van der Waals surface area contributed by atoms with Gasteiger partial charge in [-0.1, -0.05) is 39.0 Å². The van der Waals surface area contributed by atoms with Crippen molar-refractivity contribution in [3.63, 3.8) is 0 Å². The highest BCUT2D eigenvalue weighted by molar-refractivity contribution is 5.76. The van der Waals surface area contributed by atoms with Crippen LogP contribution >= 0.6 is 0 Å². The molecule has 4 heteroatoms. The summed E-state index contributed by atoms with van der Waals surface area (Å²) in [5.41, 5.74) is 0. The molecule has 0 aromatic heterocycles. The molecule has 1 saturated carbocycles. The van der Waals surface area contributed by atoms with Gasteiger partial charge in [0.1, 0.15) is 0 Å². The maximum absolute atomic E-state index is 11.9. The predicted molar refractivity (Wildman–Crippen MR) is 74.9 cm³/mol. The first-order chi connectivity index (χ1) is 9.11. The van der Waals surface area contributed by atoms with Gasteiger partial charge in [0.2, 0.25) is 5.91 Å². The highest BCUT2D eigenvalue weighted by Crippen LogP contribution is 2.25. The summed E-state index contributed by atoms with van der Waals surface area (Å²) in [7, 11) is 0. The van der Waals surface area contributed by atoms with Crippen molar-refractivity contribution >= 4 is 11.9 Å². The van der Waals surface area contributed by atoms with Crippen molar-refractivity contribution in [1.29, 1.82) is 0 Å². The Labute approximate surface area is 116 Å². The fourth-order valence-electron chi connectivity index (χ4n) is 2.77. The number of carbonyl (C=O) groups excluding carboxylic acids is 1. The SMILES string of the molecule is CCC(CNC(=O)CC1CCCCCC1)CC(=O)O. The van der Waals surface area contributed by atoms with Crippen LogP contribution in [-0.4, -0.2) is 23.5 Å². The molecular formula is C15H27NO3. The van der Waals surface area contributed by atoms with Crippen LogP contribution in [0.15, 0.2) is 0 Å². The molecule has 2 N–H and O–H groups in total. The molecule has 19 heavy (non-hydrogen) atoms. The van der Waals surface area contributed by atoms with Crippen molar-refractivity contribution in [2.75, 3.05) is 6.54 Å². The molecule has 1 aliphatic carbocycles. The molecule has 0 bridgehead atoms. The van der Waals surface area contributed by atoms with Crippen LogP contribution in [-0.2, 0) is 9.59 Å². The van der Waals surface area contributed by atoms with E-state index >= 15 is 0 Å². The quantitative estimate of drug-likeness (QED) is 0.698. The molecule has 1 rings (SSSR count). The second-order valence-corrected chi connectivity index (χ2v) is 5.74. The molecule has 1 unspecified atom stereocenters. The topological polar surface area (TPSA) is 66.4 Å². The van der Waals surface area contributed by atoms with Gasteiger partial charge in [0.25, 0.3) is 0 Å². The van der Waals surface area contributed by atoms with E-state index in [4.69, 9.17) is 5.11 Å². The van der Waals surface area contributed by atoms with E-state index in [1.54, 1.807) is 0 Å². The number of nitrogens with one attached hydrogen (secondary N) is 1. The lowest BCUT2D eigenvalue weighted by Crippen LogP contribution is -2.31. The third-order valence-electron chi connectivity index (χ3n) is 4.08. The van der Waals surface area contributed by atoms with Gasteiger partial charge in [0.15, 0.2) is 0 Å². The van der Waals surface area contributed by atoms with Gasteiger partial charge in [-0.25, -0.2) is 0 Å². The smallest absolute Gasteiger partial charge is 0.303 e. The maximum atomic E-state index is 11.9. The molecule has 0 aliphatic heterocycles. The van der Waals surface area contributed by atoms with E-state index in [0.717, 1.165) is 6.42 Å². The molecule has 0 saturated heterocycles. The number of hydrogen-bond donors (Lipinski definition) is 2. The van der Waals surface area contributed by atoms with Crippen LogP contribution in [0.25, 0.3) is 0 Å². The summed E-state index contributed by atoms with van der Waals surface area (Å²) in [6, 6.07) is 0. The molecule has 1 atom stereocenters. The summed E-state index contributed by atoms with van der Waals surface area (Å²) in [4.78, 5) is 22.5. The predicted octanol–water partition coefficient (Wildman–Crippen LogP) is 2.96. The van der Waals surface area contributed by atoms with Crippen molar-refractivity contribution in [2.45, 2.75) is 64.7 Å². The largest absolute Gasteiger partial charge is 0.481 e. The summed E-state index contributed by atoms with van der Waals surface area (Å²) < 4.78 is 0. The number of hydrogen-bond acceptors (Lipinski definition) is 2. The lowest BCUT2D eigenvalue weighted by atomic mass is 9.96. The molecule has 0 radical (unpaired) electrons. The van der Waals surface area contributed by atoms with Crippen LogP contribution in [0.4, 0.5) is 0 Å². The molecule has 1 amide bonds. The van der Waals surface area contributed by atoms with Crippen LogP contribution in [0.1, 0.15) is 64.7 Å². The van der Waals surface area contributed by atoms with Gasteiger partial charge in [-0.05, 0) is 24.7 Å². The number of carbonyl (C=O) groups is 2. The van der Waals surface area contributed by atoms with E-state index in [0.29, 0.717) is 18.9 Å². The third-order valence-corrected chi connectivity index (χ3v) is 4.08. The Morgan fingerprint density at radius 3 is 2.37 bits per heavy atom. The number of carboxylic acids is 1. The average Bonchev–Trinajstić information content (AvgIpc) is 2.62. The second-order valence-electron chi connectivity index (χ2n) is 5.74. The zero-order valence-electron chi connectivity index (χ0n) is 12.0. The Bertz CT molecular complexity index is 283. The lowest BCUT2D eigenvalue weighted by Gasteiger charge is -2.16. The first-order valence-electron chi connectivity index (χ1n) is 7.60. The van der Waals surface area contributed by atoms with E-state index in [2.05, 4.69) is 5.32 Å². The van der Waals surface area contributed by atoms with Crippen LogP contribution in [0, 0.1) is 11.8 Å². The summed E-state index contributed by atoms with van der Waals surface area (Å²) in [6.45, 7) is 2.46.